The van der Waals surface area contributed by atoms with Gasteiger partial charge in [-0.1, -0.05) is 65.4 Å². The molecule has 1 saturated heterocycles. The number of anilines is 1. The third-order valence-electron chi connectivity index (χ3n) is 5.71. The van der Waals surface area contributed by atoms with E-state index in [1.54, 1.807) is 30.3 Å². The van der Waals surface area contributed by atoms with Gasteiger partial charge in [-0.2, -0.15) is 0 Å². The highest BCUT2D eigenvalue weighted by atomic mass is 32.1. The summed E-state index contributed by atoms with van der Waals surface area (Å²) in [6.45, 7) is 3.85. The number of benzene rings is 3. The van der Waals surface area contributed by atoms with Crippen molar-refractivity contribution in [2.24, 2.45) is 0 Å². The van der Waals surface area contributed by atoms with Crippen LogP contribution in [0.2, 0.25) is 0 Å². The van der Waals surface area contributed by atoms with E-state index in [4.69, 9.17) is 0 Å². The number of carbonyl (C=O) groups excluding carboxylic acids is 2. The lowest BCUT2D eigenvalue weighted by Crippen LogP contribution is -2.29. The lowest BCUT2D eigenvalue weighted by Gasteiger charge is -2.23. The number of ketones is 1. The molecule has 5 rings (SSSR count). The molecule has 5 nitrogen and oxygen atoms in total. The highest BCUT2D eigenvalue weighted by molar-refractivity contribution is 7.22. The first kappa shape index (κ1) is 21.0. The molecular formula is C26H19FN2O3S. The quantitative estimate of drug-likeness (QED) is 0.244. The lowest BCUT2D eigenvalue weighted by molar-refractivity contribution is -0.132. The predicted octanol–water partition coefficient (Wildman–Crippen LogP) is 5.68. The van der Waals surface area contributed by atoms with E-state index in [2.05, 4.69) is 4.98 Å². The maximum Gasteiger partial charge on any atom is 0.301 e. The number of aliphatic hydroxyl groups excluding tert-OH is 1. The number of amides is 1. The number of nitrogens with zero attached hydrogens (tertiary/aromatic N) is 2. The van der Waals surface area contributed by atoms with Gasteiger partial charge in [-0.05, 0) is 37.6 Å². The summed E-state index contributed by atoms with van der Waals surface area (Å²) in [4.78, 5) is 32.1. The molecule has 3 aromatic carbocycles. The van der Waals surface area contributed by atoms with Crippen LogP contribution in [0.1, 0.15) is 28.3 Å². The van der Waals surface area contributed by atoms with Gasteiger partial charge in [-0.25, -0.2) is 9.37 Å². The largest absolute Gasteiger partial charge is 0.507 e. The minimum absolute atomic E-state index is 0.112. The zero-order valence-electron chi connectivity index (χ0n) is 17.9. The molecule has 0 aliphatic carbocycles. The summed E-state index contributed by atoms with van der Waals surface area (Å²) in [6.07, 6.45) is 0. The van der Waals surface area contributed by atoms with Gasteiger partial charge in [0.1, 0.15) is 17.6 Å². The second-order valence-corrected chi connectivity index (χ2v) is 9.03. The van der Waals surface area contributed by atoms with Gasteiger partial charge in [-0.15, -0.1) is 0 Å². The number of carbonyl (C=O) groups is 2. The molecule has 33 heavy (non-hydrogen) atoms. The molecule has 1 aliphatic heterocycles. The van der Waals surface area contributed by atoms with Gasteiger partial charge >= 0.3 is 5.91 Å². The molecular weight excluding hydrogens is 439 g/mol. The average molecular weight is 459 g/mol. The number of halogens is 1. The van der Waals surface area contributed by atoms with Gasteiger partial charge in [0.25, 0.3) is 5.78 Å². The van der Waals surface area contributed by atoms with Crippen molar-refractivity contribution in [1.29, 1.82) is 0 Å². The highest BCUT2D eigenvalue weighted by Crippen LogP contribution is 2.44. The van der Waals surface area contributed by atoms with Crippen LogP contribution in [0.4, 0.5) is 9.52 Å². The zero-order chi connectivity index (χ0) is 23.3. The molecule has 1 aromatic heterocycles. The Balaban J connectivity index is 1.75. The number of thiazole rings is 1. The third-order valence-corrected chi connectivity index (χ3v) is 6.73. The molecule has 0 radical (unpaired) electrons. The Hall–Kier alpha value is -3.84. The minimum atomic E-state index is -1.14. The van der Waals surface area contributed by atoms with Crippen LogP contribution >= 0.6 is 11.3 Å². The fourth-order valence-corrected chi connectivity index (χ4v) is 5.10. The van der Waals surface area contributed by atoms with E-state index in [-0.39, 0.29) is 22.0 Å². The second kappa shape index (κ2) is 7.94. The number of rotatable bonds is 3. The highest BCUT2D eigenvalue weighted by Gasteiger charge is 2.49. The Morgan fingerprint density at radius 3 is 2.42 bits per heavy atom. The van der Waals surface area contributed by atoms with Gasteiger partial charge < -0.3 is 5.11 Å². The van der Waals surface area contributed by atoms with Crippen molar-refractivity contribution in [3.63, 3.8) is 0 Å². The SMILES string of the molecule is Cc1ccc(/C(O)=C2\C(=O)C(=O)N(c3nc4ccc(C)cc4s3)C2c2ccccc2F)cc1. The van der Waals surface area contributed by atoms with Crippen molar-refractivity contribution < 1.29 is 19.1 Å². The Kier molecular flexibility index (Phi) is 5.06. The number of aryl methyl sites for hydroxylation is 2. The van der Waals surface area contributed by atoms with E-state index in [9.17, 15) is 19.1 Å². The van der Waals surface area contributed by atoms with Crippen LogP contribution in [0, 0.1) is 19.7 Å². The first-order chi connectivity index (χ1) is 15.8. The standard InChI is InChI=1S/C26H19FN2O3S/c1-14-7-10-16(11-8-14)23(30)21-22(17-5-3-4-6-18(17)27)29(25(32)24(21)31)26-28-19-12-9-15(2)13-20(19)33-26/h3-13,22,30H,1-2H3/b23-21+. The van der Waals surface area contributed by atoms with Crippen molar-refractivity contribution in [3.8, 4) is 0 Å². The van der Waals surface area contributed by atoms with Crippen molar-refractivity contribution in [1.82, 2.24) is 4.98 Å². The fourth-order valence-electron chi connectivity index (χ4n) is 4.01. The van der Waals surface area contributed by atoms with Crippen LogP contribution in [0.5, 0.6) is 0 Å². The molecule has 164 valence electrons. The Morgan fingerprint density at radius 2 is 1.70 bits per heavy atom. The van der Waals surface area contributed by atoms with Crippen LogP contribution in [0.25, 0.3) is 16.0 Å². The summed E-state index contributed by atoms with van der Waals surface area (Å²) < 4.78 is 15.8. The molecule has 1 N–H and O–H groups in total. The first-order valence-electron chi connectivity index (χ1n) is 10.3. The van der Waals surface area contributed by atoms with Crippen LogP contribution in [0.15, 0.2) is 72.3 Å². The van der Waals surface area contributed by atoms with Crippen LogP contribution in [-0.2, 0) is 9.59 Å². The normalized spacial score (nSPS) is 17.8. The Bertz CT molecular complexity index is 1460. The van der Waals surface area contributed by atoms with Gasteiger partial charge in [-0.3, -0.25) is 14.5 Å². The Morgan fingerprint density at radius 1 is 1.00 bits per heavy atom. The number of aromatic nitrogens is 1. The summed E-state index contributed by atoms with van der Waals surface area (Å²) in [7, 11) is 0. The molecule has 0 saturated carbocycles. The molecule has 1 fully saturated rings. The zero-order valence-corrected chi connectivity index (χ0v) is 18.7. The number of aliphatic hydroxyl groups is 1. The molecule has 1 unspecified atom stereocenters. The van der Waals surface area contributed by atoms with Crippen molar-refractivity contribution in [3.05, 3.63) is 100 Å². The van der Waals surface area contributed by atoms with Crippen molar-refractivity contribution in [2.75, 3.05) is 4.90 Å². The predicted molar refractivity (Wildman–Crippen MR) is 127 cm³/mol. The van der Waals surface area contributed by atoms with E-state index in [0.717, 1.165) is 15.8 Å². The summed E-state index contributed by atoms with van der Waals surface area (Å²) >= 11 is 1.25. The number of hydrogen-bond acceptors (Lipinski definition) is 5. The van der Waals surface area contributed by atoms with E-state index in [1.165, 1.54) is 34.4 Å². The summed E-state index contributed by atoms with van der Waals surface area (Å²) in [6, 6.07) is 17.4. The maximum absolute atomic E-state index is 15.0. The monoisotopic (exact) mass is 458 g/mol. The molecule has 1 atom stereocenters. The summed E-state index contributed by atoms with van der Waals surface area (Å²) in [5.41, 5.74) is 3.01. The molecule has 4 aromatic rings. The molecule has 7 heteroatoms. The van der Waals surface area contributed by atoms with Crippen molar-refractivity contribution in [2.45, 2.75) is 19.9 Å². The van der Waals surface area contributed by atoms with E-state index < -0.39 is 23.5 Å². The second-order valence-electron chi connectivity index (χ2n) is 8.02. The minimum Gasteiger partial charge on any atom is -0.507 e. The van der Waals surface area contributed by atoms with Gasteiger partial charge in [0.15, 0.2) is 5.13 Å². The summed E-state index contributed by atoms with van der Waals surface area (Å²) in [5, 5.41) is 11.4. The molecule has 1 amide bonds. The smallest absolute Gasteiger partial charge is 0.301 e. The lowest BCUT2D eigenvalue weighted by atomic mass is 9.95. The number of hydrogen-bond donors (Lipinski definition) is 1. The topological polar surface area (TPSA) is 70.5 Å². The van der Waals surface area contributed by atoms with Gasteiger partial charge in [0.2, 0.25) is 0 Å². The summed E-state index contributed by atoms with van der Waals surface area (Å²) in [5.74, 6) is -2.66. The van der Waals surface area contributed by atoms with Crippen LogP contribution < -0.4 is 4.90 Å². The van der Waals surface area contributed by atoms with E-state index >= 15 is 0 Å². The fraction of sp³-hybridized carbons (Fsp3) is 0.115. The van der Waals surface area contributed by atoms with Crippen LogP contribution in [-0.4, -0.2) is 21.8 Å². The number of fused-ring (bicyclic) bond motifs is 1. The average Bonchev–Trinajstić information content (AvgIpc) is 3.32. The maximum atomic E-state index is 15.0. The van der Waals surface area contributed by atoms with Gasteiger partial charge in [0, 0.05) is 11.1 Å². The molecule has 2 heterocycles. The number of Topliss-reactive ketones (excluding diaryl/α,β-unsaturated/α-hetero) is 1. The van der Waals surface area contributed by atoms with Gasteiger partial charge in [0.05, 0.1) is 15.8 Å². The molecule has 0 bridgehead atoms. The third kappa shape index (κ3) is 3.50. The van der Waals surface area contributed by atoms with Crippen LogP contribution in [0.3, 0.4) is 0 Å². The van der Waals surface area contributed by atoms with E-state index in [1.807, 2.05) is 32.0 Å². The van der Waals surface area contributed by atoms with E-state index in [0.29, 0.717) is 11.1 Å². The first-order valence-corrected chi connectivity index (χ1v) is 11.2. The van der Waals surface area contributed by atoms with Crippen molar-refractivity contribution >= 4 is 44.1 Å². The molecule has 1 aliphatic rings. The molecule has 0 spiro atoms. The Labute approximate surface area is 193 Å².